The summed E-state index contributed by atoms with van der Waals surface area (Å²) >= 11 is 6.01. The van der Waals surface area contributed by atoms with Crippen molar-refractivity contribution in [1.82, 2.24) is 19.9 Å². The van der Waals surface area contributed by atoms with E-state index >= 15 is 0 Å². The van der Waals surface area contributed by atoms with Gasteiger partial charge in [-0.05, 0) is 42.7 Å². The van der Waals surface area contributed by atoms with Crippen LogP contribution in [0.3, 0.4) is 0 Å². The summed E-state index contributed by atoms with van der Waals surface area (Å²) in [6.45, 7) is 1.44. The lowest BCUT2D eigenvalue weighted by atomic mass is 9.94. The molecule has 138 valence electrons. The van der Waals surface area contributed by atoms with Crippen LogP contribution in [0.1, 0.15) is 41.2 Å². The fourth-order valence-electron chi connectivity index (χ4n) is 3.54. The van der Waals surface area contributed by atoms with Crippen molar-refractivity contribution in [2.45, 2.75) is 25.2 Å². The molecular formula is C21H21ClN4O. The van der Waals surface area contributed by atoms with Gasteiger partial charge < -0.3 is 4.90 Å². The molecule has 0 N–H and O–H groups in total. The number of likely N-dealkylation sites (tertiary alicyclic amines) is 1. The van der Waals surface area contributed by atoms with Gasteiger partial charge in [-0.15, -0.1) is 5.10 Å². The van der Waals surface area contributed by atoms with Crippen LogP contribution in [-0.2, 0) is 0 Å². The molecule has 27 heavy (non-hydrogen) atoms. The van der Waals surface area contributed by atoms with Crippen LogP contribution in [0.15, 0.2) is 60.8 Å². The second-order valence-electron chi connectivity index (χ2n) is 6.85. The highest BCUT2D eigenvalue weighted by Crippen LogP contribution is 2.28. The highest BCUT2D eigenvalue weighted by atomic mass is 35.5. The number of hydrogen-bond donors (Lipinski definition) is 0. The topological polar surface area (TPSA) is 51.0 Å². The van der Waals surface area contributed by atoms with Crippen LogP contribution >= 0.6 is 11.6 Å². The molecule has 3 aromatic rings. The van der Waals surface area contributed by atoms with E-state index in [-0.39, 0.29) is 5.91 Å². The third kappa shape index (κ3) is 4.03. The van der Waals surface area contributed by atoms with Crippen LogP contribution in [0.5, 0.6) is 0 Å². The molecule has 4 rings (SSSR count). The van der Waals surface area contributed by atoms with Crippen molar-refractivity contribution in [2.24, 2.45) is 0 Å². The Labute approximate surface area is 163 Å². The fourth-order valence-corrected chi connectivity index (χ4v) is 3.67. The molecule has 2 heterocycles. The monoisotopic (exact) mass is 380 g/mol. The SMILES string of the molecule is O=C(c1cnn(-c2ccccc2)n1)N1CCCCC(c2ccc(Cl)cc2)C1. The number of halogens is 1. The van der Waals surface area contributed by atoms with Crippen molar-refractivity contribution in [2.75, 3.05) is 13.1 Å². The van der Waals surface area contributed by atoms with Crippen molar-refractivity contribution >= 4 is 17.5 Å². The zero-order chi connectivity index (χ0) is 18.6. The number of para-hydroxylation sites is 1. The van der Waals surface area contributed by atoms with E-state index in [1.165, 1.54) is 10.4 Å². The second kappa shape index (κ2) is 7.92. The molecule has 0 radical (unpaired) electrons. The predicted octanol–water partition coefficient (Wildman–Crippen LogP) is 4.33. The van der Waals surface area contributed by atoms with Gasteiger partial charge in [0.2, 0.25) is 0 Å². The van der Waals surface area contributed by atoms with Crippen molar-refractivity contribution < 1.29 is 4.79 Å². The van der Waals surface area contributed by atoms with Crippen LogP contribution in [-0.4, -0.2) is 38.9 Å². The predicted molar refractivity (Wildman–Crippen MR) is 105 cm³/mol. The van der Waals surface area contributed by atoms with E-state index in [9.17, 15) is 4.79 Å². The van der Waals surface area contributed by atoms with E-state index in [0.717, 1.165) is 36.5 Å². The second-order valence-corrected chi connectivity index (χ2v) is 7.29. The third-order valence-electron chi connectivity index (χ3n) is 5.00. The molecule has 5 nitrogen and oxygen atoms in total. The lowest BCUT2D eigenvalue weighted by molar-refractivity contribution is 0.0748. The van der Waals surface area contributed by atoms with Crippen LogP contribution in [0.25, 0.3) is 5.69 Å². The first kappa shape index (κ1) is 17.7. The summed E-state index contributed by atoms with van der Waals surface area (Å²) in [7, 11) is 0. The fraction of sp³-hybridized carbons (Fsp3) is 0.286. The molecule has 1 fully saturated rings. The number of carbonyl (C=O) groups excluding carboxylic acids is 1. The van der Waals surface area contributed by atoms with E-state index in [4.69, 9.17) is 11.6 Å². The molecule has 0 aliphatic carbocycles. The minimum Gasteiger partial charge on any atom is -0.337 e. The number of amides is 1. The average molecular weight is 381 g/mol. The van der Waals surface area contributed by atoms with Crippen molar-refractivity contribution in [1.29, 1.82) is 0 Å². The van der Waals surface area contributed by atoms with Crippen LogP contribution in [0.4, 0.5) is 0 Å². The van der Waals surface area contributed by atoms with Gasteiger partial charge in [-0.3, -0.25) is 4.79 Å². The zero-order valence-corrected chi connectivity index (χ0v) is 15.7. The number of hydrogen-bond acceptors (Lipinski definition) is 3. The molecule has 1 aromatic heterocycles. The van der Waals surface area contributed by atoms with Crippen molar-refractivity contribution in [3.8, 4) is 5.69 Å². The average Bonchev–Trinajstić information content (AvgIpc) is 3.07. The maximum atomic E-state index is 13.0. The highest BCUT2D eigenvalue weighted by molar-refractivity contribution is 6.30. The number of rotatable bonds is 3. The van der Waals surface area contributed by atoms with Crippen molar-refractivity contribution in [3.63, 3.8) is 0 Å². The molecule has 1 amide bonds. The molecule has 1 unspecified atom stereocenters. The van der Waals surface area contributed by atoms with E-state index < -0.39 is 0 Å². The first-order valence-electron chi connectivity index (χ1n) is 9.23. The Hall–Kier alpha value is -2.66. The maximum absolute atomic E-state index is 13.0. The molecule has 1 atom stereocenters. The van der Waals surface area contributed by atoms with Gasteiger partial charge in [0.05, 0.1) is 11.9 Å². The van der Waals surface area contributed by atoms with E-state index in [0.29, 0.717) is 18.2 Å². The van der Waals surface area contributed by atoms with Gasteiger partial charge in [0, 0.05) is 24.0 Å². The lowest BCUT2D eigenvalue weighted by Crippen LogP contribution is -2.34. The Morgan fingerprint density at radius 3 is 2.59 bits per heavy atom. The lowest BCUT2D eigenvalue weighted by Gasteiger charge is -2.24. The summed E-state index contributed by atoms with van der Waals surface area (Å²) < 4.78 is 0. The molecular weight excluding hydrogens is 360 g/mol. The Kier molecular flexibility index (Phi) is 5.21. The zero-order valence-electron chi connectivity index (χ0n) is 15.0. The van der Waals surface area contributed by atoms with Gasteiger partial charge in [-0.1, -0.05) is 48.4 Å². The summed E-state index contributed by atoms with van der Waals surface area (Å²) in [5.41, 5.74) is 2.45. The molecule has 0 spiro atoms. The molecule has 1 aliphatic rings. The molecule has 2 aromatic carbocycles. The standard InChI is InChI=1S/C21H21ClN4O/c22-18-11-9-16(10-12-18)17-6-4-5-13-25(15-17)21(27)20-14-23-26(24-20)19-7-2-1-3-8-19/h1-3,7-12,14,17H,4-6,13,15H2. The molecule has 1 aliphatic heterocycles. The summed E-state index contributed by atoms with van der Waals surface area (Å²) in [5, 5.41) is 9.38. The molecule has 0 bridgehead atoms. The maximum Gasteiger partial charge on any atom is 0.276 e. The van der Waals surface area contributed by atoms with E-state index in [2.05, 4.69) is 22.3 Å². The van der Waals surface area contributed by atoms with Gasteiger partial charge in [0.1, 0.15) is 0 Å². The summed E-state index contributed by atoms with van der Waals surface area (Å²) in [6, 6.07) is 17.6. The first-order chi connectivity index (χ1) is 13.2. The minimum absolute atomic E-state index is 0.0574. The third-order valence-corrected chi connectivity index (χ3v) is 5.25. The van der Waals surface area contributed by atoms with Gasteiger partial charge in [0.15, 0.2) is 5.69 Å². The van der Waals surface area contributed by atoms with Crippen LogP contribution in [0.2, 0.25) is 5.02 Å². The number of benzene rings is 2. The Balaban J connectivity index is 1.52. The van der Waals surface area contributed by atoms with Gasteiger partial charge >= 0.3 is 0 Å². The van der Waals surface area contributed by atoms with Crippen LogP contribution in [0, 0.1) is 0 Å². The summed E-state index contributed by atoms with van der Waals surface area (Å²) in [4.78, 5) is 16.4. The molecule has 1 saturated heterocycles. The minimum atomic E-state index is -0.0574. The first-order valence-corrected chi connectivity index (χ1v) is 9.61. The Morgan fingerprint density at radius 2 is 1.81 bits per heavy atom. The quantitative estimate of drug-likeness (QED) is 0.679. The Bertz CT molecular complexity index is 907. The number of nitrogens with zero attached hydrogens (tertiary/aromatic N) is 4. The largest absolute Gasteiger partial charge is 0.337 e. The van der Waals surface area contributed by atoms with Gasteiger partial charge in [0.25, 0.3) is 5.91 Å². The van der Waals surface area contributed by atoms with Gasteiger partial charge in [-0.25, -0.2) is 0 Å². The molecule has 6 heteroatoms. The van der Waals surface area contributed by atoms with Crippen molar-refractivity contribution in [3.05, 3.63) is 77.1 Å². The van der Waals surface area contributed by atoms with E-state index in [1.807, 2.05) is 47.4 Å². The highest BCUT2D eigenvalue weighted by Gasteiger charge is 2.25. The summed E-state index contributed by atoms with van der Waals surface area (Å²) in [5.74, 6) is 0.260. The number of carbonyl (C=O) groups is 1. The normalized spacial score (nSPS) is 17.5. The van der Waals surface area contributed by atoms with Crippen LogP contribution < -0.4 is 0 Å². The summed E-state index contributed by atoms with van der Waals surface area (Å²) in [6.07, 6.45) is 4.73. The van der Waals surface area contributed by atoms with E-state index in [1.54, 1.807) is 6.20 Å². The Morgan fingerprint density at radius 1 is 1.04 bits per heavy atom. The van der Waals surface area contributed by atoms with Gasteiger partial charge in [-0.2, -0.15) is 9.90 Å². The number of aromatic nitrogens is 3. The molecule has 0 saturated carbocycles. The smallest absolute Gasteiger partial charge is 0.276 e.